The van der Waals surface area contributed by atoms with Crippen LogP contribution in [0.3, 0.4) is 0 Å². The molecule has 0 amide bonds. The number of benzene rings is 1. The molecule has 1 N–H and O–H groups in total. The number of hydrogen-bond acceptors (Lipinski definition) is 5. The SMILES string of the molecule is Cc1nc(NC2CCN3CCCCC23)c2cnn(-c3cccc(Cl)c3)c2n1. The predicted molar refractivity (Wildman–Crippen MR) is 108 cm³/mol. The third kappa shape index (κ3) is 3.07. The lowest BCUT2D eigenvalue weighted by molar-refractivity contribution is 0.192. The fourth-order valence-electron chi connectivity index (χ4n) is 4.52. The highest BCUT2D eigenvalue weighted by atomic mass is 35.5. The van der Waals surface area contributed by atoms with E-state index in [0.29, 0.717) is 17.1 Å². The number of fused-ring (bicyclic) bond motifs is 2. The summed E-state index contributed by atoms with van der Waals surface area (Å²) < 4.78 is 1.84. The third-order valence-electron chi connectivity index (χ3n) is 5.77. The number of rotatable bonds is 3. The Kier molecular flexibility index (Phi) is 4.25. The summed E-state index contributed by atoms with van der Waals surface area (Å²) in [4.78, 5) is 12.0. The molecule has 140 valence electrons. The molecule has 3 aromatic rings. The highest BCUT2D eigenvalue weighted by Crippen LogP contribution is 2.31. The van der Waals surface area contributed by atoms with Gasteiger partial charge in [-0.15, -0.1) is 0 Å². The first-order valence-corrected chi connectivity index (χ1v) is 10.1. The predicted octanol–water partition coefficient (Wildman–Crippen LogP) is 3.82. The number of hydrogen-bond donors (Lipinski definition) is 1. The van der Waals surface area contributed by atoms with Gasteiger partial charge in [0.25, 0.3) is 0 Å². The maximum atomic E-state index is 6.16. The van der Waals surface area contributed by atoms with Gasteiger partial charge in [-0.2, -0.15) is 5.10 Å². The Hall–Kier alpha value is -2.18. The second-order valence-electron chi connectivity index (χ2n) is 7.53. The molecule has 0 aliphatic carbocycles. The Morgan fingerprint density at radius 2 is 2.07 bits per heavy atom. The Morgan fingerprint density at radius 3 is 2.96 bits per heavy atom. The molecule has 1 aromatic carbocycles. The van der Waals surface area contributed by atoms with Crippen LogP contribution in [0.1, 0.15) is 31.5 Å². The maximum Gasteiger partial charge on any atom is 0.168 e. The van der Waals surface area contributed by atoms with Crippen molar-refractivity contribution in [2.75, 3.05) is 18.4 Å². The van der Waals surface area contributed by atoms with Crippen molar-refractivity contribution in [3.63, 3.8) is 0 Å². The summed E-state index contributed by atoms with van der Waals surface area (Å²) in [7, 11) is 0. The summed E-state index contributed by atoms with van der Waals surface area (Å²) in [6.45, 7) is 4.34. The van der Waals surface area contributed by atoms with Crippen LogP contribution in [0.4, 0.5) is 5.82 Å². The highest BCUT2D eigenvalue weighted by molar-refractivity contribution is 6.30. The number of halogens is 1. The van der Waals surface area contributed by atoms with Crippen molar-refractivity contribution in [1.29, 1.82) is 0 Å². The molecule has 0 spiro atoms. The summed E-state index contributed by atoms with van der Waals surface area (Å²) in [6.07, 6.45) is 6.94. The summed E-state index contributed by atoms with van der Waals surface area (Å²) in [5.74, 6) is 1.63. The molecule has 2 saturated heterocycles. The van der Waals surface area contributed by atoms with Gasteiger partial charge in [0.05, 0.1) is 17.3 Å². The van der Waals surface area contributed by atoms with E-state index >= 15 is 0 Å². The quantitative estimate of drug-likeness (QED) is 0.746. The molecule has 2 aliphatic rings. The molecule has 2 unspecified atom stereocenters. The van der Waals surface area contributed by atoms with Gasteiger partial charge in [0.2, 0.25) is 0 Å². The van der Waals surface area contributed by atoms with Crippen LogP contribution in [0.25, 0.3) is 16.7 Å². The Balaban J connectivity index is 1.52. The maximum absolute atomic E-state index is 6.16. The second kappa shape index (κ2) is 6.77. The van der Waals surface area contributed by atoms with Gasteiger partial charge in [-0.3, -0.25) is 4.90 Å². The second-order valence-corrected chi connectivity index (χ2v) is 7.97. The molecule has 5 rings (SSSR count). The zero-order valence-corrected chi connectivity index (χ0v) is 16.2. The van der Waals surface area contributed by atoms with E-state index in [0.717, 1.165) is 34.8 Å². The lowest BCUT2D eigenvalue weighted by Crippen LogP contribution is -2.41. The van der Waals surface area contributed by atoms with Gasteiger partial charge in [-0.05, 0) is 50.9 Å². The molecule has 0 bridgehead atoms. The molecule has 2 atom stereocenters. The molecule has 2 aromatic heterocycles. The molecule has 4 heterocycles. The summed E-state index contributed by atoms with van der Waals surface area (Å²) in [5, 5.41) is 9.93. The van der Waals surface area contributed by atoms with Gasteiger partial charge in [0.15, 0.2) is 5.65 Å². The van der Waals surface area contributed by atoms with E-state index in [2.05, 4.69) is 20.3 Å². The molecule has 2 aliphatic heterocycles. The highest BCUT2D eigenvalue weighted by Gasteiger charge is 2.35. The molecular weight excluding hydrogens is 360 g/mol. The van der Waals surface area contributed by atoms with Crippen molar-refractivity contribution in [3.05, 3.63) is 41.3 Å². The van der Waals surface area contributed by atoms with Crippen molar-refractivity contribution >= 4 is 28.5 Å². The van der Waals surface area contributed by atoms with Crippen LogP contribution in [-0.2, 0) is 0 Å². The van der Waals surface area contributed by atoms with Crippen LogP contribution in [0.15, 0.2) is 30.5 Å². The van der Waals surface area contributed by atoms with E-state index in [9.17, 15) is 0 Å². The molecule has 27 heavy (non-hydrogen) atoms. The fraction of sp³-hybridized carbons (Fsp3) is 0.450. The minimum absolute atomic E-state index is 0.442. The Morgan fingerprint density at radius 1 is 1.15 bits per heavy atom. The van der Waals surface area contributed by atoms with Crippen molar-refractivity contribution in [2.45, 2.75) is 44.7 Å². The van der Waals surface area contributed by atoms with E-state index in [-0.39, 0.29) is 0 Å². The van der Waals surface area contributed by atoms with Gasteiger partial charge in [0, 0.05) is 23.7 Å². The topological polar surface area (TPSA) is 58.9 Å². The molecule has 2 fully saturated rings. The van der Waals surface area contributed by atoms with E-state index in [4.69, 9.17) is 16.6 Å². The largest absolute Gasteiger partial charge is 0.365 e. The fourth-order valence-corrected chi connectivity index (χ4v) is 4.70. The first kappa shape index (κ1) is 17.0. The molecule has 6 nitrogen and oxygen atoms in total. The molecule has 7 heteroatoms. The van der Waals surface area contributed by atoms with Gasteiger partial charge in [-0.1, -0.05) is 24.1 Å². The average Bonchev–Trinajstić information content (AvgIpc) is 3.26. The van der Waals surface area contributed by atoms with Gasteiger partial charge in [0.1, 0.15) is 11.6 Å². The van der Waals surface area contributed by atoms with E-state index in [1.54, 1.807) is 0 Å². The Bertz CT molecular complexity index is 984. The van der Waals surface area contributed by atoms with E-state index in [1.807, 2.05) is 42.1 Å². The van der Waals surface area contributed by atoms with Crippen LogP contribution < -0.4 is 5.32 Å². The van der Waals surface area contributed by atoms with Gasteiger partial charge in [-0.25, -0.2) is 14.6 Å². The van der Waals surface area contributed by atoms with Crippen LogP contribution in [0.5, 0.6) is 0 Å². The van der Waals surface area contributed by atoms with Crippen molar-refractivity contribution in [2.24, 2.45) is 0 Å². The number of aryl methyl sites for hydroxylation is 1. The van der Waals surface area contributed by atoms with Gasteiger partial charge < -0.3 is 5.32 Å². The lowest BCUT2D eigenvalue weighted by atomic mass is 9.99. The van der Waals surface area contributed by atoms with Gasteiger partial charge >= 0.3 is 0 Å². The summed E-state index contributed by atoms with van der Waals surface area (Å²) in [6, 6.07) is 8.73. The number of piperidine rings is 1. The van der Waals surface area contributed by atoms with Crippen molar-refractivity contribution in [3.8, 4) is 5.69 Å². The number of aromatic nitrogens is 4. The van der Waals surface area contributed by atoms with Crippen LogP contribution in [0, 0.1) is 6.92 Å². The molecule has 0 saturated carbocycles. The summed E-state index contributed by atoms with van der Waals surface area (Å²) in [5.41, 5.74) is 1.71. The average molecular weight is 383 g/mol. The number of nitrogens with zero attached hydrogens (tertiary/aromatic N) is 5. The minimum atomic E-state index is 0.442. The zero-order chi connectivity index (χ0) is 18.4. The van der Waals surface area contributed by atoms with E-state index < -0.39 is 0 Å². The first-order chi connectivity index (χ1) is 13.2. The minimum Gasteiger partial charge on any atom is -0.365 e. The van der Waals surface area contributed by atoms with Crippen LogP contribution in [0.2, 0.25) is 5.02 Å². The molecular formula is C20H23ClN6. The zero-order valence-electron chi connectivity index (χ0n) is 15.4. The van der Waals surface area contributed by atoms with Crippen molar-refractivity contribution in [1.82, 2.24) is 24.6 Å². The van der Waals surface area contributed by atoms with E-state index in [1.165, 1.54) is 32.4 Å². The first-order valence-electron chi connectivity index (χ1n) is 9.68. The monoisotopic (exact) mass is 382 g/mol. The lowest BCUT2D eigenvalue weighted by Gasteiger charge is -2.32. The van der Waals surface area contributed by atoms with Crippen molar-refractivity contribution < 1.29 is 0 Å². The Labute approximate surface area is 163 Å². The smallest absolute Gasteiger partial charge is 0.168 e. The molecule has 0 radical (unpaired) electrons. The van der Waals surface area contributed by atoms with Crippen LogP contribution >= 0.6 is 11.6 Å². The van der Waals surface area contributed by atoms with Crippen LogP contribution in [-0.4, -0.2) is 49.8 Å². The third-order valence-corrected chi connectivity index (χ3v) is 6.01. The number of anilines is 1. The normalized spacial score (nSPS) is 22.9. The summed E-state index contributed by atoms with van der Waals surface area (Å²) >= 11 is 6.16. The standard InChI is InChI=1S/C20H23ClN6/c1-13-23-19(25-17-8-10-26-9-3-2-7-18(17)26)16-12-22-27(20(16)24-13)15-6-4-5-14(21)11-15/h4-6,11-12,17-18H,2-3,7-10H2,1H3,(H,23,24,25). The number of nitrogens with one attached hydrogen (secondary N) is 1.